The summed E-state index contributed by atoms with van der Waals surface area (Å²) in [6.45, 7) is 6.45. The Morgan fingerprint density at radius 3 is 2.07 bits per heavy atom. The molecule has 0 bridgehead atoms. The number of hydrogen-bond acceptors (Lipinski definition) is 0. The Bertz CT molecular complexity index is 902. The third kappa shape index (κ3) is 4.86. The summed E-state index contributed by atoms with van der Waals surface area (Å²) in [6, 6.07) is 16.8. The molecule has 0 amide bonds. The van der Waals surface area contributed by atoms with Gasteiger partial charge in [-0.1, -0.05) is 74.4 Å². The van der Waals surface area contributed by atoms with Crippen molar-refractivity contribution >= 4 is 11.4 Å². The summed E-state index contributed by atoms with van der Waals surface area (Å²) in [5, 5.41) is 0. The molecule has 0 atom stereocenters. The molecule has 0 aromatic heterocycles. The molecule has 1 heterocycles. The fourth-order valence-electron chi connectivity index (χ4n) is 3.95. The van der Waals surface area contributed by atoms with E-state index in [0.717, 1.165) is 28.9 Å². The van der Waals surface area contributed by atoms with Gasteiger partial charge >= 0.3 is 0 Å². The van der Waals surface area contributed by atoms with E-state index in [1.807, 2.05) is 0 Å². The monoisotopic (exact) mass is 372 g/mol. The zero-order valence-electron chi connectivity index (χ0n) is 17.5. The van der Waals surface area contributed by atoms with Crippen LogP contribution >= 0.6 is 0 Å². The molecule has 3 rings (SSSR count). The molecule has 0 aliphatic carbocycles. The standard InChI is InChI=1S/C26H32N2/c1-4-5-6-7-8-9-14-24-19-25(22-15-10-12-20(2)17-22)28(27)26(24)23-16-11-13-21(3)18-23/h10-13,15-19H,4-9,14H2,1-3H3. The molecule has 0 saturated carbocycles. The summed E-state index contributed by atoms with van der Waals surface area (Å²) < 4.78 is 1.40. The molecule has 0 saturated heterocycles. The highest BCUT2D eigenvalue weighted by Crippen LogP contribution is 2.37. The highest BCUT2D eigenvalue weighted by Gasteiger charge is 2.28. The minimum atomic E-state index is 0.876. The van der Waals surface area contributed by atoms with Gasteiger partial charge in [-0.2, -0.15) is 0 Å². The van der Waals surface area contributed by atoms with Crippen LogP contribution in [0, 0.1) is 13.8 Å². The Morgan fingerprint density at radius 1 is 0.786 bits per heavy atom. The SMILES string of the molecule is CCCCCCCCC1=C(c2cccc(C)c2)[N+](=[N-])C(c2cccc(C)c2)=C1. The first-order valence-electron chi connectivity index (χ1n) is 10.7. The van der Waals surface area contributed by atoms with Crippen LogP contribution in [0.5, 0.6) is 0 Å². The van der Waals surface area contributed by atoms with E-state index in [2.05, 4.69) is 75.4 Å². The van der Waals surface area contributed by atoms with E-state index in [9.17, 15) is 5.53 Å². The second kappa shape index (κ2) is 9.64. The number of allylic oxidation sites excluding steroid dienone is 2. The van der Waals surface area contributed by atoms with Gasteiger partial charge in [0.1, 0.15) is 0 Å². The van der Waals surface area contributed by atoms with Gasteiger partial charge in [-0.15, -0.1) is 0 Å². The molecule has 0 N–H and O–H groups in total. The lowest BCUT2D eigenvalue weighted by Gasteiger charge is -2.10. The van der Waals surface area contributed by atoms with E-state index in [1.165, 1.54) is 59.9 Å². The van der Waals surface area contributed by atoms with E-state index in [4.69, 9.17) is 0 Å². The normalized spacial score (nSPS) is 14.0. The van der Waals surface area contributed by atoms with Gasteiger partial charge in [0.05, 0.1) is 0 Å². The largest absolute Gasteiger partial charge is 0.493 e. The average Bonchev–Trinajstić information content (AvgIpc) is 3.01. The van der Waals surface area contributed by atoms with Gasteiger partial charge in [-0.25, -0.2) is 4.70 Å². The third-order valence-corrected chi connectivity index (χ3v) is 5.46. The lowest BCUT2D eigenvalue weighted by atomic mass is 10.00. The van der Waals surface area contributed by atoms with E-state index in [-0.39, 0.29) is 0 Å². The van der Waals surface area contributed by atoms with Gasteiger partial charge < -0.3 is 5.53 Å². The van der Waals surface area contributed by atoms with Gasteiger partial charge in [-0.05, 0) is 51.0 Å². The van der Waals surface area contributed by atoms with Crippen LogP contribution in [0.1, 0.15) is 74.1 Å². The first-order chi connectivity index (χ1) is 13.6. The van der Waals surface area contributed by atoms with E-state index >= 15 is 0 Å². The van der Waals surface area contributed by atoms with Crippen molar-refractivity contribution in [2.75, 3.05) is 0 Å². The average molecular weight is 373 g/mol. The van der Waals surface area contributed by atoms with Crippen molar-refractivity contribution in [2.45, 2.75) is 65.7 Å². The molecule has 28 heavy (non-hydrogen) atoms. The Labute approximate surface area is 170 Å². The second-order valence-electron chi connectivity index (χ2n) is 7.97. The maximum absolute atomic E-state index is 11.1. The van der Waals surface area contributed by atoms with Crippen LogP contribution in [0.3, 0.4) is 0 Å². The van der Waals surface area contributed by atoms with Crippen LogP contribution in [0.4, 0.5) is 0 Å². The van der Waals surface area contributed by atoms with Crippen molar-refractivity contribution in [1.29, 1.82) is 0 Å². The maximum Gasteiger partial charge on any atom is 0.210 e. The molecule has 0 fully saturated rings. The Kier molecular flexibility index (Phi) is 6.97. The Morgan fingerprint density at radius 2 is 1.39 bits per heavy atom. The summed E-state index contributed by atoms with van der Waals surface area (Å²) in [7, 11) is 0. The number of hydrogen-bond donors (Lipinski definition) is 0. The number of aryl methyl sites for hydroxylation is 2. The molecular formula is C26H32N2. The molecule has 2 nitrogen and oxygen atoms in total. The molecule has 1 aliphatic heterocycles. The highest BCUT2D eigenvalue weighted by molar-refractivity contribution is 5.78. The smallest absolute Gasteiger partial charge is 0.210 e. The molecule has 146 valence electrons. The summed E-state index contributed by atoms with van der Waals surface area (Å²) in [6.07, 6.45) is 10.8. The van der Waals surface area contributed by atoms with Crippen molar-refractivity contribution < 1.29 is 4.70 Å². The number of unbranched alkanes of at least 4 members (excludes halogenated alkanes) is 5. The Hall–Kier alpha value is -2.48. The van der Waals surface area contributed by atoms with Crippen LogP contribution in [0.25, 0.3) is 16.9 Å². The summed E-state index contributed by atoms with van der Waals surface area (Å²) >= 11 is 0. The topological polar surface area (TPSA) is 25.3 Å². The molecule has 1 aliphatic rings. The lowest BCUT2D eigenvalue weighted by Crippen LogP contribution is -2.02. The van der Waals surface area contributed by atoms with Crippen molar-refractivity contribution in [2.24, 2.45) is 0 Å². The summed E-state index contributed by atoms with van der Waals surface area (Å²) in [5.41, 5.74) is 18.7. The number of rotatable bonds is 9. The van der Waals surface area contributed by atoms with Gasteiger partial charge in [0.25, 0.3) is 0 Å². The molecule has 2 aromatic carbocycles. The maximum atomic E-state index is 11.1. The van der Waals surface area contributed by atoms with Crippen LogP contribution in [-0.4, -0.2) is 4.70 Å². The predicted molar refractivity (Wildman–Crippen MR) is 119 cm³/mol. The molecule has 2 aromatic rings. The van der Waals surface area contributed by atoms with E-state index in [0.29, 0.717) is 0 Å². The van der Waals surface area contributed by atoms with Gasteiger partial charge in [0, 0.05) is 22.8 Å². The van der Waals surface area contributed by atoms with Crippen LogP contribution in [-0.2, 0) is 0 Å². The molecule has 0 unspecified atom stereocenters. The summed E-state index contributed by atoms with van der Waals surface area (Å²) in [5.74, 6) is 0. The Balaban J connectivity index is 1.85. The lowest BCUT2D eigenvalue weighted by molar-refractivity contribution is -0.344. The number of nitrogens with zero attached hydrogens (tertiary/aromatic N) is 2. The zero-order valence-corrected chi connectivity index (χ0v) is 17.5. The molecule has 0 radical (unpaired) electrons. The van der Waals surface area contributed by atoms with E-state index in [1.54, 1.807) is 0 Å². The second-order valence-corrected chi connectivity index (χ2v) is 7.97. The summed E-state index contributed by atoms with van der Waals surface area (Å²) in [4.78, 5) is 0. The van der Waals surface area contributed by atoms with Crippen molar-refractivity contribution in [3.63, 3.8) is 0 Å². The van der Waals surface area contributed by atoms with Crippen LogP contribution in [0.2, 0.25) is 0 Å². The van der Waals surface area contributed by atoms with Crippen molar-refractivity contribution in [1.82, 2.24) is 0 Å². The molecule has 2 heteroatoms. The first-order valence-corrected chi connectivity index (χ1v) is 10.7. The van der Waals surface area contributed by atoms with E-state index < -0.39 is 0 Å². The van der Waals surface area contributed by atoms with Crippen molar-refractivity contribution in [3.05, 3.63) is 88.0 Å². The highest BCUT2D eigenvalue weighted by atomic mass is 15.2. The first kappa shape index (κ1) is 20.3. The van der Waals surface area contributed by atoms with Crippen LogP contribution in [0.15, 0.2) is 60.2 Å². The fourth-order valence-corrected chi connectivity index (χ4v) is 3.95. The minimum absolute atomic E-state index is 0.876. The third-order valence-electron chi connectivity index (χ3n) is 5.46. The van der Waals surface area contributed by atoms with Gasteiger partial charge in [0.2, 0.25) is 11.4 Å². The fraction of sp³-hybridized carbons (Fsp3) is 0.385. The van der Waals surface area contributed by atoms with Crippen LogP contribution < -0.4 is 0 Å². The molecule has 0 spiro atoms. The minimum Gasteiger partial charge on any atom is -0.493 e. The molecular weight excluding hydrogens is 340 g/mol. The predicted octanol–water partition coefficient (Wildman–Crippen LogP) is 7.85. The van der Waals surface area contributed by atoms with Crippen molar-refractivity contribution in [3.8, 4) is 0 Å². The van der Waals surface area contributed by atoms with Gasteiger partial charge in [-0.3, -0.25) is 0 Å². The number of benzene rings is 2. The quantitative estimate of drug-likeness (QED) is 0.316. The van der Waals surface area contributed by atoms with Gasteiger partial charge in [0.15, 0.2) is 0 Å². The zero-order chi connectivity index (χ0) is 19.9.